The number of aromatic hydroxyl groups is 1. The molecule has 1 aromatic rings. The highest BCUT2D eigenvalue weighted by atomic mass is 79.9. The van der Waals surface area contributed by atoms with Gasteiger partial charge in [-0.15, -0.1) is 0 Å². The van der Waals surface area contributed by atoms with Gasteiger partial charge in [0.05, 0.1) is 11.1 Å². The fourth-order valence-corrected chi connectivity index (χ4v) is 1.55. The van der Waals surface area contributed by atoms with E-state index in [1.807, 2.05) is 6.92 Å². The zero-order valence-corrected chi connectivity index (χ0v) is 10.7. The normalized spacial score (nSPS) is 10.4. The van der Waals surface area contributed by atoms with Gasteiger partial charge in [0, 0.05) is 0 Å². The van der Waals surface area contributed by atoms with Crippen LogP contribution in [0.15, 0.2) is 10.5 Å². The average molecular weight is 309 g/mol. The van der Waals surface area contributed by atoms with Gasteiger partial charge in [0.2, 0.25) is 0 Å². The third-order valence-electron chi connectivity index (χ3n) is 2.08. The lowest BCUT2D eigenvalue weighted by molar-refractivity contribution is 0.0489. The van der Waals surface area contributed by atoms with Crippen LogP contribution in [-0.4, -0.2) is 17.7 Å². The molecular weight excluding hydrogens is 298 g/mol. The number of carbonyl (C=O) groups is 1. The monoisotopic (exact) mass is 308 g/mol. The number of carbonyl (C=O) groups excluding carboxylic acids is 1. The van der Waals surface area contributed by atoms with Crippen molar-refractivity contribution in [2.75, 3.05) is 6.61 Å². The summed E-state index contributed by atoms with van der Waals surface area (Å²) in [5.41, 5.74) is -0.784. The van der Waals surface area contributed by atoms with Gasteiger partial charge >= 0.3 is 5.97 Å². The van der Waals surface area contributed by atoms with Gasteiger partial charge in [0.15, 0.2) is 11.6 Å². The Morgan fingerprint density at radius 3 is 2.76 bits per heavy atom. The van der Waals surface area contributed by atoms with Crippen molar-refractivity contribution in [1.82, 2.24) is 0 Å². The number of esters is 1. The maximum atomic E-state index is 13.3. The summed E-state index contributed by atoms with van der Waals surface area (Å²) in [4.78, 5) is 11.5. The Morgan fingerprint density at radius 2 is 2.18 bits per heavy atom. The van der Waals surface area contributed by atoms with E-state index in [9.17, 15) is 18.7 Å². The highest BCUT2D eigenvalue weighted by Gasteiger charge is 2.24. The molecule has 94 valence electrons. The molecule has 3 nitrogen and oxygen atoms in total. The highest BCUT2D eigenvalue weighted by molar-refractivity contribution is 9.10. The number of hydrogen-bond donors (Lipinski definition) is 1. The van der Waals surface area contributed by atoms with Crippen molar-refractivity contribution in [3.63, 3.8) is 0 Å². The van der Waals surface area contributed by atoms with Crippen LogP contribution in [-0.2, 0) is 4.74 Å². The summed E-state index contributed by atoms with van der Waals surface area (Å²) in [5, 5.41) is 9.48. The molecule has 0 atom stereocenters. The van der Waals surface area contributed by atoms with Crippen LogP contribution in [0.1, 0.15) is 30.1 Å². The second kappa shape index (κ2) is 5.95. The largest absolute Gasteiger partial charge is 0.506 e. The molecular formula is C11H11BrF2O3. The van der Waals surface area contributed by atoms with E-state index >= 15 is 0 Å². The predicted molar refractivity (Wildman–Crippen MR) is 60.9 cm³/mol. The van der Waals surface area contributed by atoms with Gasteiger partial charge in [0.1, 0.15) is 11.3 Å². The minimum atomic E-state index is -1.41. The van der Waals surface area contributed by atoms with Crippen LogP contribution in [0.5, 0.6) is 5.75 Å². The zero-order valence-electron chi connectivity index (χ0n) is 9.10. The van der Waals surface area contributed by atoms with Crippen LogP contribution in [0.2, 0.25) is 0 Å². The van der Waals surface area contributed by atoms with E-state index in [1.165, 1.54) is 0 Å². The minimum absolute atomic E-state index is 0.0983. The van der Waals surface area contributed by atoms with E-state index in [0.29, 0.717) is 6.42 Å². The van der Waals surface area contributed by atoms with E-state index in [2.05, 4.69) is 15.9 Å². The molecule has 6 heteroatoms. The molecule has 0 heterocycles. The molecule has 1 aromatic carbocycles. The molecule has 0 bridgehead atoms. The summed E-state index contributed by atoms with van der Waals surface area (Å²) in [7, 11) is 0. The van der Waals surface area contributed by atoms with Crippen LogP contribution in [0.3, 0.4) is 0 Å². The summed E-state index contributed by atoms with van der Waals surface area (Å²) >= 11 is 2.82. The molecule has 0 saturated carbocycles. The molecule has 0 radical (unpaired) electrons. The fourth-order valence-electron chi connectivity index (χ4n) is 1.15. The Bertz CT molecular complexity index is 409. The molecule has 0 fully saturated rings. The first-order chi connectivity index (χ1) is 7.99. The van der Waals surface area contributed by atoms with Gasteiger partial charge in [-0.25, -0.2) is 13.6 Å². The highest BCUT2D eigenvalue weighted by Crippen LogP contribution is 2.32. The van der Waals surface area contributed by atoms with E-state index in [0.717, 1.165) is 12.5 Å². The minimum Gasteiger partial charge on any atom is -0.506 e. The van der Waals surface area contributed by atoms with Crippen molar-refractivity contribution in [3.8, 4) is 5.75 Å². The van der Waals surface area contributed by atoms with Crippen molar-refractivity contribution >= 4 is 21.9 Å². The number of halogens is 3. The zero-order chi connectivity index (χ0) is 13.0. The standard InChI is InChI=1S/C11H11BrF2O3/c1-2-3-4-17-11(16)8-9(14)7(13)5-6(12)10(8)15/h5,15H,2-4H2,1H3. The molecule has 1 N–H and O–H groups in total. The first kappa shape index (κ1) is 13.9. The van der Waals surface area contributed by atoms with E-state index in [4.69, 9.17) is 4.74 Å². The van der Waals surface area contributed by atoms with Crippen LogP contribution in [0, 0.1) is 11.6 Å². The first-order valence-corrected chi connectivity index (χ1v) is 5.81. The number of benzene rings is 1. The molecule has 0 aliphatic rings. The first-order valence-electron chi connectivity index (χ1n) is 5.02. The van der Waals surface area contributed by atoms with E-state index in [-0.39, 0.29) is 11.1 Å². The Morgan fingerprint density at radius 1 is 1.53 bits per heavy atom. The van der Waals surface area contributed by atoms with E-state index in [1.54, 1.807) is 0 Å². The second-order valence-corrected chi connectivity index (χ2v) is 4.22. The van der Waals surface area contributed by atoms with E-state index < -0.39 is 28.9 Å². The number of phenolic OH excluding ortho intramolecular Hbond substituents is 1. The number of hydrogen-bond acceptors (Lipinski definition) is 3. The summed E-state index contributed by atoms with van der Waals surface area (Å²) < 4.78 is 31.0. The van der Waals surface area contributed by atoms with Gasteiger partial charge in [-0.2, -0.15) is 0 Å². The number of phenols is 1. The van der Waals surface area contributed by atoms with Crippen molar-refractivity contribution in [1.29, 1.82) is 0 Å². The number of unbranched alkanes of at least 4 members (excludes halogenated alkanes) is 1. The summed E-state index contributed by atoms with van der Waals surface area (Å²) in [5.74, 6) is -4.37. The van der Waals surface area contributed by atoms with Gasteiger partial charge in [-0.3, -0.25) is 0 Å². The lowest BCUT2D eigenvalue weighted by atomic mass is 10.2. The third kappa shape index (κ3) is 3.15. The maximum Gasteiger partial charge on any atom is 0.345 e. The SMILES string of the molecule is CCCCOC(=O)c1c(O)c(Br)cc(F)c1F. The Kier molecular flexibility index (Phi) is 4.86. The lowest BCUT2D eigenvalue weighted by Crippen LogP contribution is -2.10. The van der Waals surface area contributed by atoms with Crippen molar-refractivity contribution in [3.05, 3.63) is 27.7 Å². The van der Waals surface area contributed by atoms with Gasteiger partial charge < -0.3 is 9.84 Å². The number of rotatable bonds is 4. The fraction of sp³-hybridized carbons (Fsp3) is 0.364. The molecule has 0 aliphatic heterocycles. The summed E-state index contributed by atoms with van der Waals surface area (Å²) in [6, 6.07) is 0.744. The maximum absolute atomic E-state index is 13.3. The second-order valence-electron chi connectivity index (χ2n) is 3.37. The summed E-state index contributed by atoms with van der Waals surface area (Å²) in [6.45, 7) is 1.99. The molecule has 0 spiro atoms. The molecule has 1 rings (SSSR count). The van der Waals surface area contributed by atoms with Gasteiger partial charge in [-0.05, 0) is 28.4 Å². The molecule has 0 amide bonds. The molecule has 0 aliphatic carbocycles. The Labute approximate surface area is 106 Å². The van der Waals surface area contributed by atoms with Crippen molar-refractivity contribution in [2.45, 2.75) is 19.8 Å². The lowest BCUT2D eigenvalue weighted by Gasteiger charge is -2.08. The van der Waals surface area contributed by atoms with Crippen LogP contribution >= 0.6 is 15.9 Å². The van der Waals surface area contributed by atoms with Crippen LogP contribution in [0.25, 0.3) is 0 Å². The van der Waals surface area contributed by atoms with Crippen molar-refractivity contribution < 1.29 is 23.4 Å². The molecule has 0 unspecified atom stereocenters. The van der Waals surface area contributed by atoms with Crippen LogP contribution < -0.4 is 0 Å². The quantitative estimate of drug-likeness (QED) is 0.527. The van der Waals surface area contributed by atoms with Crippen molar-refractivity contribution in [2.24, 2.45) is 0 Å². The third-order valence-corrected chi connectivity index (χ3v) is 2.69. The Hall–Kier alpha value is -1.17. The molecule has 17 heavy (non-hydrogen) atoms. The predicted octanol–water partition coefficient (Wildman–Crippen LogP) is 3.39. The number of ether oxygens (including phenoxy) is 1. The van der Waals surface area contributed by atoms with Gasteiger partial charge in [-0.1, -0.05) is 13.3 Å². The topological polar surface area (TPSA) is 46.5 Å². The Balaban J connectivity index is 3.00. The van der Waals surface area contributed by atoms with Gasteiger partial charge in [0.25, 0.3) is 0 Å². The molecule has 0 aromatic heterocycles. The average Bonchev–Trinajstić information content (AvgIpc) is 2.27. The van der Waals surface area contributed by atoms with Crippen LogP contribution in [0.4, 0.5) is 8.78 Å². The molecule has 0 saturated heterocycles. The smallest absolute Gasteiger partial charge is 0.345 e. The summed E-state index contributed by atoms with van der Waals surface area (Å²) in [6.07, 6.45) is 1.42.